The van der Waals surface area contributed by atoms with Gasteiger partial charge in [-0.3, -0.25) is 9.67 Å². The van der Waals surface area contributed by atoms with Crippen LogP contribution in [0.25, 0.3) is 10.9 Å². The van der Waals surface area contributed by atoms with Crippen LogP contribution in [0.3, 0.4) is 0 Å². The maximum Gasteiger partial charge on any atom is 0.408 e. The van der Waals surface area contributed by atoms with Crippen molar-refractivity contribution < 1.29 is 13.2 Å². The van der Waals surface area contributed by atoms with Crippen LogP contribution in [0.4, 0.5) is 13.2 Å². The zero-order chi connectivity index (χ0) is 17.1. The van der Waals surface area contributed by atoms with E-state index in [-0.39, 0.29) is 4.75 Å². The number of aryl methyl sites for hydroxylation is 1. The lowest BCUT2D eigenvalue weighted by molar-refractivity contribution is -0.141. The van der Waals surface area contributed by atoms with Gasteiger partial charge in [-0.25, -0.2) is 0 Å². The third-order valence-corrected chi connectivity index (χ3v) is 2.32. The van der Waals surface area contributed by atoms with E-state index in [1.807, 2.05) is 0 Å². The van der Waals surface area contributed by atoms with Crippen LogP contribution in [0.1, 0.15) is 32.2 Å². The third kappa shape index (κ3) is 6.05. The van der Waals surface area contributed by atoms with Gasteiger partial charge in [0.15, 0.2) is 0 Å². The molecule has 0 aliphatic carbocycles. The molecule has 122 valence electrons. The Morgan fingerprint density at radius 1 is 1.32 bits per heavy atom. The van der Waals surface area contributed by atoms with Gasteiger partial charge in [-0.15, -0.1) is 0 Å². The fourth-order valence-corrected chi connectivity index (χ4v) is 1.62. The molecule has 0 aliphatic rings. The van der Waals surface area contributed by atoms with Crippen molar-refractivity contribution in [2.24, 2.45) is 0 Å². The second-order valence-corrected chi connectivity index (χ2v) is 7.14. The Bertz CT molecular complexity index is 650. The fraction of sp³-hybridized carbons (Fsp3) is 0.500. The summed E-state index contributed by atoms with van der Waals surface area (Å²) in [6, 6.07) is 1.55. The molecule has 4 nitrogen and oxygen atoms in total. The molecule has 2 aromatic rings. The van der Waals surface area contributed by atoms with E-state index in [9.17, 15) is 13.2 Å². The number of hydrogen-bond donors (Lipinski definition) is 2. The van der Waals surface area contributed by atoms with Crippen LogP contribution in [0.5, 0.6) is 0 Å². The van der Waals surface area contributed by atoms with Crippen molar-refractivity contribution in [3.8, 4) is 0 Å². The molecule has 0 saturated heterocycles. The molecule has 0 radical (unpaired) electrons. The van der Waals surface area contributed by atoms with Gasteiger partial charge in [0.1, 0.15) is 6.54 Å². The van der Waals surface area contributed by atoms with Crippen molar-refractivity contribution in [3.63, 3.8) is 0 Å². The van der Waals surface area contributed by atoms with Gasteiger partial charge < -0.3 is 5.41 Å². The molecule has 2 rings (SSSR count). The lowest BCUT2D eigenvalue weighted by Gasteiger charge is -2.06. The summed E-state index contributed by atoms with van der Waals surface area (Å²) < 4.78 is 38.0. The van der Waals surface area contributed by atoms with Gasteiger partial charge in [0.25, 0.3) is 0 Å². The Labute approximate surface area is 132 Å². The Hall–Kier alpha value is -1.57. The molecule has 2 aromatic heterocycles. The Morgan fingerprint density at radius 3 is 2.32 bits per heavy atom. The van der Waals surface area contributed by atoms with Crippen molar-refractivity contribution in [1.29, 1.82) is 5.41 Å². The Balaban J connectivity index is 0.000000422. The number of rotatable bonds is 2. The lowest BCUT2D eigenvalue weighted by atomic mass is 10.2. The van der Waals surface area contributed by atoms with Crippen molar-refractivity contribution in [1.82, 2.24) is 14.8 Å². The predicted octanol–water partition coefficient (Wildman–Crippen LogP) is 4.01. The van der Waals surface area contributed by atoms with E-state index in [0.717, 1.165) is 10.9 Å². The second kappa shape index (κ2) is 6.68. The zero-order valence-electron chi connectivity index (χ0n) is 12.9. The number of halogens is 3. The molecule has 0 aliphatic heterocycles. The zero-order valence-corrected chi connectivity index (χ0v) is 13.8. The number of nitrogens with zero attached hydrogens (tertiary/aromatic N) is 3. The van der Waals surface area contributed by atoms with Crippen LogP contribution in [-0.4, -0.2) is 31.9 Å². The number of alkyl halides is 3. The number of nitrogens with one attached hydrogen (secondary N) is 1. The van der Waals surface area contributed by atoms with Gasteiger partial charge in [0, 0.05) is 16.3 Å². The monoisotopic (exact) mass is 332 g/mol. The van der Waals surface area contributed by atoms with Crippen LogP contribution in [0, 0.1) is 12.3 Å². The summed E-state index contributed by atoms with van der Waals surface area (Å²) in [5, 5.41) is 11.5. The highest BCUT2D eigenvalue weighted by atomic mass is 32.1. The molecule has 0 aromatic carbocycles. The van der Waals surface area contributed by atoms with E-state index in [1.165, 1.54) is 6.20 Å². The van der Waals surface area contributed by atoms with Gasteiger partial charge in [0.2, 0.25) is 0 Å². The molecule has 0 fully saturated rings. The van der Waals surface area contributed by atoms with Crippen LogP contribution in [0.2, 0.25) is 0 Å². The smallest absolute Gasteiger partial charge is 0.307 e. The first-order valence-electron chi connectivity index (χ1n) is 6.53. The van der Waals surface area contributed by atoms with E-state index >= 15 is 0 Å². The van der Waals surface area contributed by atoms with Gasteiger partial charge in [0.05, 0.1) is 23.1 Å². The highest BCUT2D eigenvalue weighted by Gasteiger charge is 2.29. The number of fused-ring (bicyclic) bond motifs is 1. The van der Waals surface area contributed by atoms with Crippen LogP contribution in [0.15, 0.2) is 12.3 Å². The maximum absolute atomic E-state index is 12.3. The van der Waals surface area contributed by atoms with Crippen LogP contribution in [-0.2, 0) is 6.54 Å². The van der Waals surface area contributed by atoms with Crippen molar-refractivity contribution in [3.05, 3.63) is 23.7 Å². The summed E-state index contributed by atoms with van der Waals surface area (Å²) in [5.41, 5.74) is 1.22. The van der Waals surface area contributed by atoms with Crippen molar-refractivity contribution in [2.75, 3.05) is 0 Å². The van der Waals surface area contributed by atoms with E-state index in [0.29, 0.717) is 22.3 Å². The fourth-order valence-electron chi connectivity index (χ4n) is 1.62. The molecule has 0 bridgehead atoms. The minimum Gasteiger partial charge on any atom is -0.307 e. The molecule has 0 amide bonds. The van der Waals surface area contributed by atoms with E-state index in [2.05, 4.69) is 43.5 Å². The average Bonchev–Trinajstić information content (AvgIpc) is 2.61. The van der Waals surface area contributed by atoms with Gasteiger partial charge in [-0.1, -0.05) is 20.8 Å². The molecule has 0 unspecified atom stereocenters. The number of pyridine rings is 1. The summed E-state index contributed by atoms with van der Waals surface area (Å²) in [6.07, 6.45) is -1.97. The number of thiol groups is 1. The van der Waals surface area contributed by atoms with Crippen molar-refractivity contribution >= 4 is 29.7 Å². The summed E-state index contributed by atoms with van der Waals surface area (Å²) in [6.45, 7) is 6.65. The predicted molar refractivity (Wildman–Crippen MR) is 84.9 cm³/mol. The first-order valence-corrected chi connectivity index (χ1v) is 6.98. The van der Waals surface area contributed by atoms with Gasteiger partial charge in [-0.05, 0) is 13.0 Å². The lowest BCUT2D eigenvalue weighted by Crippen LogP contribution is -2.18. The Kier molecular flexibility index (Phi) is 5.61. The van der Waals surface area contributed by atoms with E-state index < -0.39 is 12.7 Å². The average molecular weight is 332 g/mol. The molecule has 8 heteroatoms. The normalized spacial score (nSPS) is 12.0. The third-order valence-electron chi connectivity index (χ3n) is 2.32. The molecule has 0 spiro atoms. The minimum absolute atomic E-state index is 0.194. The van der Waals surface area contributed by atoms with Crippen LogP contribution >= 0.6 is 12.6 Å². The standard InChI is InChI=1S/C10H9F3N4.C4H10S/c1-6-8-2-7(3-14)15-4-9(8)17(16-6)5-10(11,12)13;1-4(2,3)5/h2-4,14H,5H2,1H3;5H,1-3H3. The first kappa shape index (κ1) is 18.5. The Morgan fingerprint density at radius 2 is 1.86 bits per heavy atom. The van der Waals surface area contributed by atoms with Crippen LogP contribution < -0.4 is 0 Å². The van der Waals surface area contributed by atoms with Gasteiger partial charge in [-0.2, -0.15) is 30.9 Å². The number of aromatic nitrogens is 3. The number of hydrogen-bond acceptors (Lipinski definition) is 4. The molecule has 0 saturated carbocycles. The van der Waals surface area contributed by atoms with E-state index in [4.69, 9.17) is 5.41 Å². The minimum atomic E-state index is -4.31. The summed E-state index contributed by atoms with van der Waals surface area (Å²) in [7, 11) is 0. The van der Waals surface area contributed by atoms with E-state index in [1.54, 1.807) is 13.0 Å². The molecule has 2 heterocycles. The SMILES string of the molecule is CC(C)(C)S.Cc1nn(CC(F)(F)F)c2cnc(C=N)cc12. The maximum atomic E-state index is 12.3. The molecule has 0 atom stereocenters. The molecular formula is C14H19F3N4S. The topological polar surface area (TPSA) is 54.6 Å². The highest BCUT2D eigenvalue weighted by Crippen LogP contribution is 2.23. The summed E-state index contributed by atoms with van der Waals surface area (Å²) in [5.74, 6) is 0. The molecular weight excluding hydrogens is 313 g/mol. The summed E-state index contributed by atoms with van der Waals surface area (Å²) in [4.78, 5) is 3.86. The van der Waals surface area contributed by atoms with Gasteiger partial charge >= 0.3 is 6.18 Å². The van der Waals surface area contributed by atoms with Crippen molar-refractivity contribution in [2.45, 2.75) is 45.2 Å². The molecule has 22 heavy (non-hydrogen) atoms. The molecule has 1 N–H and O–H groups in total. The first-order chi connectivity index (χ1) is 9.90. The second-order valence-electron chi connectivity index (χ2n) is 5.80. The highest BCUT2D eigenvalue weighted by molar-refractivity contribution is 7.81. The largest absolute Gasteiger partial charge is 0.408 e. The quantitative estimate of drug-likeness (QED) is 0.645. The summed E-state index contributed by atoms with van der Waals surface area (Å²) >= 11 is 4.12.